The van der Waals surface area contributed by atoms with Gasteiger partial charge in [-0.1, -0.05) is 6.07 Å². The van der Waals surface area contributed by atoms with Crippen LogP contribution in [0.25, 0.3) is 0 Å². The normalized spacial score (nSPS) is 28.7. The number of aromatic nitrogens is 1. The number of fused-ring (bicyclic) bond motifs is 4. The maximum atomic E-state index is 13.2. The van der Waals surface area contributed by atoms with Crippen LogP contribution >= 0.6 is 0 Å². The molecule has 5 heterocycles. The molecule has 0 aromatic carbocycles. The lowest BCUT2D eigenvalue weighted by Gasteiger charge is -2.47. The number of pyridine rings is 1. The zero-order chi connectivity index (χ0) is 19.3. The molecular formula is C21H30N4O3. The van der Waals surface area contributed by atoms with Gasteiger partial charge in [0.05, 0.1) is 19.3 Å². The Bertz CT molecular complexity index is 810. The van der Waals surface area contributed by atoms with Gasteiger partial charge in [-0.15, -0.1) is 0 Å². The van der Waals surface area contributed by atoms with Crippen molar-refractivity contribution in [1.82, 2.24) is 19.3 Å². The third-order valence-corrected chi connectivity index (χ3v) is 7.06. The van der Waals surface area contributed by atoms with Crippen molar-refractivity contribution >= 4 is 5.91 Å². The van der Waals surface area contributed by atoms with Crippen molar-refractivity contribution in [3.63, 3.8) is 0 Å². The average Bonchev–Trinajstić information content (AvgIpc) is 2.63. The van der Waals surface area contributed by atoms with Gasteiger partial charge in [-0.2, -0.15) is 0 Å². The Hall–Kier alpha value is -1.70. The second-order valence-corrected chi connectivity index (χ2v) is 8.93. The summed E-state index contributed by atoms with van der Waals surface area (Å²) in [6.07, 6.45) is 1.20. The molecule has 0 aliphatic carbocycles. The molecule has 0 unspecified atom stereocenters. The first-order valence-electron chi connectivity index (χ1n) is 10.6. The Morgan fingerprint density at radius 3 is 2.57 bits per heavy atom. The molecule has 7 heteroatoms. The van der Waals surface area contributed by atoms with E-state index in [0.717, 1.165) is 64.6 Å². The minimum atomic E-state index is 0.141. The minimum absolute atomic E-state index is 0.141. The largest absolute Gasteiger partial charge is 0.378 e. The van der Waals surface area contributed by atoms with Crippen LogP contribution in [0.4, 0.5) is 0 Å². The first kappa shape index (κ1) is 18.3. The van der Waals surface area contributed by atoms with E-state index in [1.54, 1.807) is 6.92 Å². The van der Waals surface area contributed by atoms with Crippen molar-refractivity contribution < 1.29 is 9.53 Å². The lowest BCUT2D eigenvalue weighted by atomic mass is 9.82. The van der Waals surface area contributed by atoms with Gasteiger partial charge in [-0.25, -0.2) is 0 Å². The van der Waals surface area contributed by atoms with Crippen LogP contribution in [-0.2, 0) is 22.6 Å². The number of rotatable bonds is 3. The highest BCUT2D eigenvalue weighted by Gasteiger charge is 2.39. The first-order valence-corrected chi connectivity index (χ1v) is 10.6. The molecule has 152 valence electrons. The molecule has 4 aliphatic rings. The van der Waals surface area contributed by atoms with E-state index in [1.807, 2.05) is 4.90 Å². The molecule has 0 radical (unpaired) electrons. The number of likely N-dealkylation sites (tertiary alicyclic amines) is 1. The second-order valence-electron chi connectivity index (χ2n) is 8.93. The van der Waals surface area contributed by atoms with E-state index in [2.05, 4.69) is 26.5 Å². The van der Waals surface area contributed by atoms with Crippen LogP contribution in [0.15, 0.2) is 16.9 Å². The molecule has 0 spiro atoms. The van der Waals surface area contributed by atoms with Gasteiger partial charge in [0.1, 0.15) is 0 Å². The van der Waals surface area contributed by atoms with Crippen LogP contribution in [0, 0.1) is 5.92 Å². The Kier molecular flexibility index (Phi) is 4.77. The molecule has 4 aliphatic heterocycles. The molecule has 3 saturated heterocycles. The fraction of sp³-hybridized carbons (Fsp3) is 0.714. The van der Waals surface area contributed by atoms with Gasteiger partial charge >= 0.3 is 0 Å². The molecular weight excluding hydrogens is 356 g/mol. The van der Waals surface area contributed by atoms with Gasteiger partial charge in [-0.3, -0.25) is 19.4 Å². The van der Waals surface area contributed by atoms with Crippen LogP contribution < -0.4 is 5.56 Å². The Morgan fingerprint density at radius 1 is 1.11 bits per heavy atom. The number of ether oxygens (including phenoxy) is 1. The SMILES string of the molecule is CC(=O)N1CCN(Cc2ccc3n(c2=O)C[C@H]2C[C@@H]3CN(C3COC3)C2)CC1. The van der Waals surface area contributed by atoms with E-state index in [1.165, 1.54) is 12.1 Å². The summed E-state index contributed by atoms with van der Waals surface area (Å²) in [4.78, 5) is 31.5. The first-order chi connectivity index (χ1) is 13.6. The molecule has 5 rings (SSSR count). The highest BCUT2D eigenvalue weighted by atomic mass is 16.5. The van der Waals surface area contributed by atoms with E-state index in [0.29, 0.717) is 24.4 Å². The Balaban J connectivity index is 1.30. The number of nitrogens with zero attached hydrogens (tertiary/aromatic N) is 4. The number of hydrogen-bond donors (Lipinski definition) is 0. The number of carbonyl (C=O) groups is 1. The molecule has 1 aromatic rings. The van der Waals surface area contributed by atoms with Crippen molar-refractivity contribution in [2.75, 3.05) is 52.5 Å². The Labute approximate surface area is 165 Å². The second kappa shape index (κ2) is 7.28. The van der Waals surface area contributed by atoms with Crippen molar-refractivity contribution in [3.8, 4) is 0 Å². The monoisotopic (exact) mass is 386 g/mol. The van der Waals surface area contributed by atoms with Crippen molar-refractivity contribution in [2.24, 2.45) is 5.92 Å². The van der Waals surface area contributed by atoms with Gasteiger partial charge in [0.25, 0.3) is 5.56 Å². The molecule has 1 amide bonds. The predicted molar refractivity (Wildman–Crippen MR) is 105 cm³/mol. The minimum Gasteiger partial charge on any atom is -0.378 e. The Morgan fingerprint density at radius 2 is 1.89 bits per heavy atom. The zero-order valence-corrected chi connectivity index (χ0v) is 16.7. The van der Waals surface area contributed by atoms with Crippen molar-refractivity contribution in [2.45, 2.75) is 38.4 Å². The summed E-state index contributed by atoms with van der Waals surface area (Å²) in [6, 6.07) is 4.83. The van der Waals surface area contributed by atoms with Gasteiger partial charge in [-0.05, 0) is 18.4 Å². The summed E-state index contributed by atoms with van der Waals surface area (Å²) in [6.45, 7) is 10.2. The van der Waals surface area contributed by atoms with Crippen LogP contribution in [0.5, 0.6) is 0 Å². The third kappa shape index (κ3) is 3.29. The maximum absolute atomic E-state index is 13.2. The van der Waals surface area contributed by atoms with E-state index in [4.69, 9.17) is 4.74 Å². The van der Waals surface area contributed by atoms with Crippen LogP contribution in [0.1, 0.15) is 30.5 Å². The molecule has 2 bridgehead atoms. The summed E-state index contributed by atoms with van der Waals surface area (Å²) in [5, 5.41) is 0. The van der Waals surface area contributed by atoms with E-state index in [9.17, 15) is 9.59 Å². The summed E-state index contributed by atoms with van der Waals surface area (Å²) in [5.74, 6) is 1.18. The van der Waals surface area contributed by atoms with Crippen LogP contribution in [-0.4, -0.2) is 83.7 Å². The molecule has 3 fully saturated rings. The van der Waals surface area contributed by atoms with Gasteiger partial charge in [0.15, 0.2) is 0 Å². The van der Waals surface area contributed by atoms with E-state index >= 15 is 0 Å². The lowest BCUT2D eigenvalue weighted by molar-refractivity contribution is -0.130. The van der Waals surface area contributed by atoms with Crippen LogP contribution in [0.2, 0.25) is 0 Å². The zero-order valence-electron chi connectivity index (χ0n) is 16.7. The fourth-order valence-corrected chi connectivity index (χ4v) is 5.34. The number of hydrogen-bond acceptors (Lipinski definition) is 5. The number of carbonyl (C=O) groups excluding carboxylic acids is 1. The summed E-state index contributed by atoms with van der Waals surface area (Å²) >= 11 is 0. The fourth-order valence-electron chi connectivity index (χ4n) is 5.34. The highest BCUT2D eigenvalue weighted by Crippen LogP contribution is 2.36. The van der Waals surface area contributed by atoms with Gasteiger partial charge < -0.3 is 14.2 Å². The number of piperazine rings is 1. The highest BCUT2D eigenvalue weighted by molar-refractivity contribution is 5.73. The molecule has 2 atom stereocenters. The quantitative estimate of drug-likeness (QED) is 0.749. The number of amides is 1. The molecule has 0 N–H and O–H groups in total. The van der Waals surface area contributed by atoms with E-state index < -0.39 is 0 Å². The summed E-state index contributed by atoms with van der Waals surface area (Å²) in [7, 11) is 0. The number of piperidine rings is 1. The van der Waals surface area contributed by atoms with Gasteiger partial charge in [0.2, 0.25) is 5.91 Å². The topological polar surface area (TPSA) is 58.0 Å². The summed E-state index contributed by atoms with van der Waals surface area (Å²) < 4.78 is 7.45. The van der Waals surface area contributed by atoms with E-state index in [-0.39, 0.29) is 11.5 Å². The maximum Gasteiger partial charge on any atom is 0.255 e. The molecule has 7 nitrogen and oxygen atoms in total. The van der Waals surface area contributed by atoms with Crippen molar-refractivity contribution in [1.29, 1.82) is 0 Å². The van der Waals surface area contributed by atoms with Crippen molar-refractivity contribution in [3.05, 3.63) is 33.7 Å². The molecule has 1 aromatic heterocycles. The standard InChI is InChI=1S/C21H30N4O3/c1-15(26)23-6-4-22(5-7-23)11-17-2-3-20-18-8-16(10-25(20)21(17)27)9-24(12-18)19-13-28-14-19/h2-3,16,18-19H,4-14H2,1H3/t16-,18+/m0/s1. The lowest BCUT2D eigenvalue weighted by Crippen LogP contribution is -2.56. The molecule has 28 heavy (non-hydrogen) atoms. The van der Waals surface area contributed by atoms with Crippen LogP contribution in [0.3, 0.4) is 0 Å². The van der Waals surface area contributed by atoms with Gasteiger partial charge in [0, 0.05) is 76.5 Å². The molecule has 0 saturated carbocycles. The third-order valence-electron chi connectivity index (χ3n) is 7.06. The summed E-state index contributed by atoms with van der Waals surface area (Å²) in [5.41, 5.74) is 2.31. The average molecular weight is 386 g/mol. The smallest absolute Gasteiger partial charge is 0.255 e. The predicted octanol–water partition coefficient (Wildman–Crippen LogP) is 0.330.